The minimum absolute atomic E-state index is 0.664. The quantitative estimate of drug-likeness (QED) is 0.753. The highest BCUT2D eigenvalue weighted by atomic mass is 16.5. The Labute approximate surface area is 100 Å². The number of hydrogen-bond acceptors (Lipinski definition) is 3. The minimum Gasteiger partial charge on any atom is -0.497 e. The number of methoxy groups -OCH3 is 1. The van der Waals surface area contributed by atoms with Gasteiger partial charge in [-0.15, -0.1) is 12.3 Å². The lowest BCUT2D eigenvalue weighted by Gasteiger charge is -1.99. The number of ether oxygens (including phenoxy) is 1. The Kier molecular flexibility index (Phi) is 3.46. The third kappa shape index (κ3) is 2.67. The summed E-state index contributed by atoms with van der Waals surface area (Å²) in [6.07, 6.45) is 6.59. The number of terminal acetylenes is 1. The van der Waals surface area contributed by atoms with Gasteiger partial charge in [0, 0.05) is 24.5 Å². The Morgan fingerprint density at radius 2 is 2.12 bits per heavy atom. The molecule has 1 aromatic carbocycles. The zero-order valence-electron chi connectivity index (χ0n) is 9.64. The first kappa shape index (κ1) is 11.3. The van der Waals surface area contributed by atoms with Crippen molar-refractivity contribution in [2.24, 2.45) is 0 Å². The predicted octanol–water partition coefficient (Wildman–Crippen LogP) is 2.92. The molecule has 86 valence electrons. The van der Waals surface area contributed by atoms with E-state index in [1.165, 1.54) is 0 Å². The fourth-order valence-electron chi connectivity index (χ4n) is 1.52. The number of aromatic nitrogens is 1. The molecular weight excluding hydrogens is 214 g/mol. The third-order valence-electron chi connectivity index (χ3n) is 2.46. The smallest absolute Gasteiger partial charge is 0.138 e. The van der Waals surface area contributed by atoms with Crippen molar-refractivity contribution in [3.8, 4) is 29.4 Å². The molecule has 2 aromatic rings. The molecule has 1 heterocycles. The van der Waals surface area contributed by atoms with E-state index in [4.69, 9.17) is 15.7 Å². The van der Waals surface area contributed by atoms with E-state index in [9.17, 15) is 0 Å². The van der Waals surface area contributed by atoms with Gasteiger partial charge in [-0.2, -0.15) is 0 Å². The lowest BCUT2D eigenvalue weighted by Crippen LogP contribution is -1.82. The molecule has 0 amide bonds. The van der Waals surface area contributed by atoms with Gasteiger partial charge in [-0.1, -0.05) is 5.16 Å². The molecule has 0 radical (unpaired) electrons. The second kappa shape index (κ2) is 5.22. The van der Waals surface area contributed by atoms with Crippen LogP contribution in [0, 0.1) is 12.3 Å². The summed E-state index contributed by atoms with van der Waals surface area (Å²) in [5.41, 5.74) is 1.82. The summed E-state index contributed by atoms with van der Waals surface area (Å²) in [6, 6.07) is 9.60. The van der Waals surface area contributed by atoms with Gasteiger partial charge in [-0.25, -0.2) is 0 Å². The molecule has 0 aliphatic carbocycles. The van der Waals surface area contributed by atoms with E-state index in [-0.39, 0.29) is 0 Å². The van der Waals surface area contributed by atoms with Gasteiger partial charge >= 0.3 is 0 Å². The highest BCUT2D eigenvalue weighted by molar-refractivity contribution is 5.59. The van der Waals surface area contributed by atoms with Gasteiger partial charge in [0.2, 0.25) is 0 Å². The summed E-state index contributed by atoms with van der Waals surface area (Å²) in [4.78, 5) is 0. The van der Waals surface area contributed by atoms with E-state index < -0.39 is 0 Å². The Morgan fingerprint density at radius 1 is 1.35 bits per heavy atom. The van der Waals surface area contributed by atoms with Crippen molar-refractivity contribution in [3.05, 3.63) is 36.1 Å². The maximum absolute atomic E-state index is 5.20. The number of nitrogens with zero attached hydrogens (tertiary/aromatic N) is 1. The van der Waals surface area contributed by atoms with Gasteiger partial charge < -0.3 is 9.26 Å². The van der Waals surface area contributed by atoms with Crippen molar-refractivity contribution < 1.29 is 9.26 Å². The standard InChI is InChI=1S/C14H13NO2/c1-3-4-5-13-10-14(15-17-13)11-6-8-12(16-2)9-7-11/h1,6-10H,4-5H2,2H3. The normalized spacial score (nSPS) is 9.88. The van der Waals surface area contributed by atoms with Crippen molar-refractivity contribution in [1.29, 1.82) is 0 Å². The number of aryl methyl sites for hydroxylation is 1. The summed E-state index contributed by atoms with van der Waals surface area (Å²) in [5.74, 6) is 4.21. The number of hydrogen-bond donors (Lipinski definition) is 0. The van der Waals surface area contributed by atoms with Crippen LogP contribution in [0.25, 0.3) is 11.3 Å². The lowest BCUT2D eigenvalue weighted by molar-refractivity contribution is 0.386. The van der Waals surface area contributed by atoms with Crippen LogP contribution >= 0.6 is 0 Å². The van der Waals surface area contributed by atoms with Crippen molar-refractivity contribution in [1.82, 2.24) is 5.16 Å². The van der Waals surface area contributed by atoms with Crippen molar-refractivity contribution in [2.75, 3.05) is 7.11 Å². The molecule has 0 unspecified atom stereocenters. The molecule has 1 aromatic heterocycles. The molecule has 17 heavy (non-hydrogen) atoms. The summed E-state index contributed by atoms with van der Waals surface area (Å²) in [7, 11) is 1.64. The molecule has 3 heteroatoms. The van der Waals surface area contributed by atoms with Crippen molar-refractivity contribution in [2.45, 2.75) is 12.8 Å². The van der Waals surface area contributed by atoms with Crippen LogP contribution in [0.15, 0.2) is 34.9 Å². The van der Waals surface area contributed by atoms with Crippen LogP contribution in [0.4, 0.5) is 0 Å². The van der Waals surface area contributed by atoms with Crippen LogP contribution in [-0.4, -0.2) is 12.3 Å². The van der Waals surface area contributed by atoms with E-state index in [0.29, 0.717) is 6.42 Å². The highest BCUT2D eigenvalue weighted by Gasteiger charge is 2.06. The van der Waals surface area contributed by atoms with Crippen LogP contribution in [-0.2, 0) is 6.42 Å². The average molecular weight is 227 g/mol. The summed E-state index contributed by atoms with van der Waals surface area (Å²) in [6.45, 7) is 0. The van der Waals surface area contributed by atoms with Crippen LogP contribution < -0.4 is 4.74 Å². The molecule has 0 saturated heterocycles. The van der Waals surface area contributed by atoms with Gasteiger partial charge in [-0.05, 0) is 24.3 Å². The molecule has 0 bridgehead atoms. The number of rotatable bonds is 4. The van der Waals surface area contributed by atoms with Gasteiger partial charge in [-0.3, -0.25) is 0 Å². The van der Waals surface area contributed by atoms with Gasteiger partial charge in [0.25, 0.3) is 0 Å². The Bertz CT molecular complexity index is 520. The number of benzene rings is 1. The van der Waals surface area contributed by atoms with E-state index in [1.54, 1.807) is 7.11 Å². The molecule has 0 saturated carbocycles. The predicted molar refractivity (Wildman–Crippen MR) is 65.6 cm³/mol. The fourth-order valence-corrected chi connectivity index (χ4v) is 1.52. The molecule has 0 N–H and O–H groups in total. The first-order valence-electron chi connectivity index (χ1n) is 5.37. The SMILES string of the molecule is C#CCCc1cc(-c2ccc(OC)cc2)no1. The molecule has 0 aliphatic rings. The first-order valence-corrected chi connectivity index (χ1v) is 5.37. The fraction of sp³-hybridized carbons (Fsp3) is 0.214. The summed E-state index contributed by atoms with van der Waals surface area (Å²) in [5, 5.41) is 4.01. The second-order valence-corrected chi connectivity index (χ2v) is 3.61. The third-order valence-corrected chi connectivity index (χ3v) is 2.46. The van der Waals surface area contributed by atoms with E-state index in [0.717, 1.165) is 29.2 Å². The van der Waals surface area contributed by atoms with E-state index >= 15 is 0 Å². The molecule has 0 spiro atoms. The van der Waals surface area contributed by atoms with Crippen LogP contribution in [0.5, 0.6) is 5.75 Å². The minimum atomic E-state index is 0.664. The van der Waals surface area contributed by atoms with Crippen molar-refractivity contribution in [3.63, 3.8) is 0 Å². The lowest BCUT2D eigenvalue weighted by atomic mass is 10.1. The molecule has 2 rings (SSSR count). The molecule has 0 fully saturated rings. The topological polar surface area (TPSA) is 35.3 Å². The van der Waals surface area contributed by atoms with Crippen LogP contribution in [0.1, 0.15) is 12.2 Å². The maximum atomic E-state index is 5.20. The average Bonchev–Trinajstić information content (AvgIpc) is 2.85. The summed E-state index contributed by atoms with van der Waals surface area (Å²) < 4.78 is 10.3. The Balaban J connectivity index is 2.16. The molecule has 0 aliphatic heterocycles. The van der Waals surface area contributed by atoms with E-state index in [2.05, 4.69) is 11.1 Å². The first-order chi connectivity index (χ1) is 8.33. The van der Waals surface area contributed by atoms with Gasteiger partial charge in [0.1, 0.15) is 17.2 Å². The van der Waals surface area contributed by atoms with Gasteiger partial charge in [0.05, 0.1) is 7.11 Å². The maximum Gasteiger partial charge on any atom is 0.138 e. The Morgan fingerprint density at radius 3 is 2.76 bits per heavy atom. The summed E-state index contributed by atoms with van der Waals surface area (Å²) >= 11 is 0. The van der Waals surface area contributed by atoms with Crippen LogP contribution in [0.3, 0.4) is 0 Å². The Hall–Kier alpha value is -2.21. The highest BCUT2D eigenvalue weighted by Crippen LogP contribution is 2.22. The van der Waals surface area contributed by atoms with E-state index in [1.807, 2.05) is 30.3 Å². The molecular formula is C14H13NO2. The second-order valence-electron chi connectivity index (χ2n) is 3.61. The molecule has 3 nitrogen and oxygen atoms in total. The molecule has 0 atom stereocenters. The van der Waals surface area contributed by atoms with Crippen LogP contribution in [0.2, 0.25) is 0 Å². The van der Waals surface area contributed by atoms with Crippen molar-refractivity contribution >= 4 is 0 Å². The van der Waals surface area contributed by atoms with Gasteiger partial charge in [0.15, 0.2) is 0 Å². The largest absolute Gasteiger partial charge is 0.497 e. The zero-order valence-corrected chi connectivity index (χ0v) is 9.64. The monoisotopic (exact) mass is 227 g/mol. The zero-order chi connectivity index (χ0) is 12.1.